The zero-order valence-corrected chi connectivity index (χ0v) is 22.3. The summed E-state index contributed by atoms with van der Waals surface area (Å²) in [5, 5.41) is 2.59. The monoisotopic (exact) mass is 501 g/mol. The first kappa shape index (κ1) is 29.3. The highest BCUT2D eigenvalue weighted by Crippen LogP contribution is 2.22. The van der Waals surface area contributed by atoms with Gasteiger partial charge in [0.15, 0.2) is 0 Å². The average molecular weight is 502 g/mol. The molecule has 0 bridgehead atoms. The van der Waals surface area contributed by atoms with Crippen LogP contribution >= 0.6 is 0 Å². The number of carbonyl (C=O) groups excluding carboxylic acids is 2. The molecule has 7 heteroatoms. The fourth-order valence-electron chi connectivity index (χ4n) is 3.76. The van der Waals surface area contributed by atoms with Gasteiger partial charge < -0.3 is 19.3 Å². The molecule has 0 aliphatic carbocycles. The Hall–Kier alpha value is -2.93. The van der Waals surface area contributed by atoms with Gasteiger partial charge in [-0.3, -0.25) is 4.79 Å². The maximum absolute atomic E-state index is 14.7. The molecule has 0 aromatic heterocycles. The van der Waals surface area contributed by atoms with Crippen molar-refractivity contribution >= 4 is 17.6 Å². The lowest BCUT2D eigenvalue weighted by atomic mass is 10.1. The van der Waals surface area contributed by atoms with Crippen molar-refractivity contribution in [3.63, 3.8) is 0 Å². The Morgan fingerprint density at radius 2 is 1.61 bits per heavy atom. The Kier molecular flexibility index (Phi) is 12.4. The van der Waals surface area contributed by atoms with Crippen molar-refractivity contribution in [1.82, 2.24) is 0 Å². The molecule has 0 aliphatic rings. The first-order valence-electron chi connectivity index (χ1n) is 13.2. The van der Waals surface area contributed by atoms with E-state index in [1.54, 1.807) is 24.3 Å². The number of rotatable bonds is 16. The largest absolute Gasteiger partial charge is 0.493 e. The van der Waals surface area contributed by atoms with E-state index in [2.05, 4.69) is 33.1 Å². The van der Waals surface area contributed by atoms with Gasteiger partial charge in [-0.2, -0.15) is 0 Å². The number of anilines is 1. The number of ether oxygens (including phenoxy) is 2. The Bertz CT molecular complexity index is 975. The van der Waals surface area contributed by atoms with E-state index in [1.165, 1.54) is 37.8 Å². The molecular formula is C29H42FN2O4+. The van der Waals surface area contributed by atoms with Gasteiger partial charge in [0.05, 0.1) is 43.6 Å². The summed E-state index contributed by atoms with van der Waals surface area (Å²) in [5.74, 6) is -1.29. The molecule has 1 amide bonds. The van der Waals surface area contributed by atoms with Crippen molar-refractivity contribution < 1.29 is 27.9 Å². The first-order chi connectivity index (χ1) is 17.3. The number of esters is 1. The van der Waals surface area contributed by atoms with Crippen LogP contribution in [-0.2, 0) is 4.74 Å². The molecule has 0 saturated carbocycles. The molecule has 0 aliphatic heterocycles. The number of para-hydroxylation sites is 1. The third-order valence-electron chi connectivity index (χ3n) is 6.73. The minimum atomic E-state index is -0.703. The lowest BCUT2D eigenvalue weighted by Gasteiger charge is -2.31. The topological polar surface area (TPSA) is 64.6 Å². The molecule has 2 aromatic rings. The van der Waals surface area contributed by atoms with Crippen LogP contribution in [0, 0.1) is 5.82 Å². The number of quaternary nitrogens is 1. The molecule has 0 atom stereocenters. The maximum Gasteiger partial charge on any atom is 0.338 e. The van der Waals surface area contributed by atoms with Crippen molar-refractivity contribution in [2.24, 2.45) is 0 Å². The second-order valence-corrected chi connectivity index (χ2v) is 9.37. The van der Waals surface area contributed by atoms with Crippen LogP contribution in [0.2, 0.25) is 0 Å². The summed E-state index contributed by atoms with van der Waals surface area (Å²) in [4.78, 5) is 25.2. The molecule has 1 N–H and O–H groups in total. The Morgan fingerprint density at radius 1 is 0.917 bits per heavy atom. The van der Waals surface area contributed by atoms with Gasteiger partial charge in [-0.15, -0.1) is 0 Å². The van der Waals surface area contributed by atoms with Crippen molar-refractivity contribution in [3.05, 3.63) is 59.4 Å². The molecule has 0 unspecified atom stereocenters. The highest BCUT2D eigenvalue weighted by molar-refractivity contribution is 6.06. The number of benzene rings is 2. The molecular weight excluding hydrogens is 459 g/mol. The van der Waals surface area contributed by atoms with Gasteiger partial charge in [-0.05, 0) is 50.6 Å². The fourth-order valence-corrected chi connectivity index (χ4v) is 3.76. The minimum absolute atomic E-state index is 0.0107. The summed E-state index contributed by atoms with van der Waals surface area (Å²) in [7, 11) is 2.10. The van der Waals surface area contributed by atoms with Gasteiger partial charge in [-0.1, -0.05) is 51.2 Å². The smallest absolute Gasteiger partial charge is 0.338 e. The molecule has 2 aromatic carbocycles. The van der Waals surface area contributed by atoms with Crippen LogP contribution in [0.25, 0.3) is 0 Å². The quantitative estimate of drug-likeness (QED) is 0.163. The van der Waals surface area contributed by atoms with Gasteiger partial charge >= 0.3 is 5.97 Å². The molecule has 6 nitrogen and oxygen atoms in total. The first-order valence-corrected chi connectivity index (χ1v) is 13.2. The Morgan fingerprint density at radius 3 is 2.31 bits per heavy atom. The number of hydrogen-bond acceptors (Lipinski definition) is 4. The summed E-state index contributed by atoms with van der Waals surface area (Å²) in [6.07, 6.45) is 6.88. The van der Waals surface area contributed by atoms with Gasteiger partial charge in [0.1, 0.15) is 24.7 Å². The second kappa shape index (κ2) is 15.2. The lowest BCUT2D eigenvalue weighted by molar-refractivity contribution is -0.906. The Labute approximate surface area is 215 Å². The average Bonchev–Trinajstić information content (AvgIpc) is 2.89. The molecule has 198 valence electrons. The molecule has 0 fully saturated rings. The predicted molar refractivity (Wildman–Crippen MR) is 142 cm³/mol. The summed E-state index contributed by atoms with van der Waals surface area (Å²) in [6.45, 7) is 9.71. The highest BCUT2D eigenvalue weighted by Gasteiger charge is 2.19. The van der Waals surface area contributed by atoms with Crippen molar-refractivity contribution in [1.29, 1.82) is 0 Å². The zero-order valence-electron chi connectivity index (χ0n) is 22.3. The van der Waals surface area contributed by atoms with Crippen LogP contribution < -0.4 is 10.1 Å². The summed E-state index contributed by atoms with van der Waals surface area (Å²) in [5.41, 5.74) is 0.429. The summed E-state index contributed by atoms with van der Waals surface area (Å²) in [6, 6.07) is 10.8. The Balaban J connectivity index is 1.93. The number of unbranched alkanes of at least 4 members (excludes halogenated alkanes) is 5. The summed E-state index contributed by atoms with van der Waals surface area (Å²) < 4.78 is 26.7. The minimum Gasteiger partial charge on any atom is -0.493 e. The lowest BCUT2D eigenvalue weighted by Crippen LogP contribution is -2.46. The standard InChI is InChI=1S/C29H41FN2O4/c1-5-8-9-10-11-14-20-35-27-16-13-12-15-24(27)28(33)31-26-18-17-23(22-25(26)30)29(34)36-21-19-32(4,6-2)7-3/h12-13,15-18,22H,5-11,14,19-21H2,1-4H3/p+1. The molecule has 36 heavy (non-hydrogen) atoms. The third-order valence-corrected chi connectivity index (χ3v) is 6.73. The van der Waals surface area contributed by atoms with E-state index < -0.39 is 17.7 Å². The van der Waals surface area contributed by atoms with E-state index in [0.717, 1.165) is 36.5 Å². The molecule has 0 spiro atoms. The summed E-state index contributed by atoms with van der Waals surface area (Å²) >= 11 is 0. The van der Waals surface area contributed by atoms with Crippen molar-refractivity contribution in [3.8, 4) is 5.75 Å². The zero-order chi connectivity index (χ0) is 26.4. The molecule has 0 saturated heterocycles. The number of likely N-dealkylation sites (N-methyl/N-ethyl adjacent to an activating group) is 1. The van der Waals surface area contributed by atoms with E-state index in [9.17, 15) is 14.0 Å². The molecule has 0 heterocycles. The van der Waals surface area contributed by atoms with Crippen LogP contribution in [0.3, 0.4) is 0 Å². The fraction of sp³-hybridized carbons (Fsp3) is 0.517. The van der Waals surface area contributed by atoms with Gasteiger partial charge in [0.25, 0.3) is 5.91 Å². The van der Waals surface area contributed by atoms with Gasteiger partial charge in [0.2, 0.25) is 0 Å². The van der Waals surface area contributed by atoms with Crippen LogP contribution in [0.4, 0.5) is 10.1 Å². The van der Waals surface area contributed by atoms with Crippen LogP contribution in [-0.4, -0.2) is 56.3 Å². The van der Waals surface area contributed by atoms with Crippen molar-refractivity contribution in [2.75, 3.05) is 45.2 Å². The van der Waals surface area contributed by atoms with Crippen LogP contribution in [0.5, 0.6) is 5.75 Å². The SMILES string of the molecule is CCCCCCCCOc1ccccc1C(=O)Nc1ccc(C(=O)OCC[N+](C)(CC)CC)cc1F. The van der Waals surface area contributed by atoms with E-state index in [4.69, 9.17) is 9.47 Å². The van der Waals surface area contributed by atoms with Gasteiger partial charge in [0, 0.05) is 0 Å². The normalized spacial score (nSPS) is 11.2. The maximum atomic E-state index is 14.7. The third kappa shape index (κ3) is 9.26. The van der Waals surface area contributed by atoms with E-state index in [0.29, 0.717) is 24.5 Å². The number of amides is 1. The predicted octanol–water partition coefficient (Wildman–Crippen LogP) is 6.46. The number of carbonyl (C=O) groups is 2. The van der Waals surface area contributed by atoms with Crippen LogP contribution in [0.15, 0.2) is 42.5 Å². The number of hydrogen-bond donors (Lipinski definition) is 1. The van der Waals surface area contributed by atoms with Crippen LogP contribution in [0.1, 0.15) is 80.0 Å². The van der Waals surface area contributed by atoms with Gasteiger partial charge in [-0.25, -0.2) is 9.18 Å². The van der Waals surface area contributed by atoms with Crippen molar-refractivity contribution in [2.45, 2.75) is 59.3 Å². The molecule has 2 rings (SSSR count). The second-order valence-electron chi connectivity index (χ2n) is 9.37. The number of nitrogens with zero attached hydrogens (tertiary/aromatic N) is 1. The van der Waals surface area contributed by atoms with E-state index in [1.807, 2.05) is 0 Å². The number of nitrogens with one attached hydrogen (secondary N) is 1. The molecule has 0 radical (unpaired) electrons. The van der Waals surface area contributed by atoms with E-state index in [-0.39, 0.29) is 17.9 Å². The number of halogens is 1. The highest BCUT2D eigenvalue weighted by atomic mass is 19.1. The van der Waals surface area contributed by atoms with E-state index >= 15 is 0 Å².